The first kappa shape index (κ1) is 8.74. The van der Waals surface area contributed by atoms with Gasteiger partial charge in [0.2, 0.25) is 0 Å². The zero-order valence-corrected chi connectivity index (χ0v) is 9.26. The van der Waals surface area contributed by atoms with Gasteiger partial charge >= 0.3 is 0 Å². The van der Waals surface area contributed by atoms with Gasteiger partial charge in [0, 0.05) is 12.1 Å². The van der Waals surface area contributed by atoms with Crippen LogP contribution in [0.2, 0.25) is 0 Å². The van der Waals surface area contributed by atoms with Crippen LogP contribution in [-0.4, -0.2) is 14.8 Å². The Hall–Kier alpha value is -1.38. The predicted molar refractivity (Wildman–Crippen MR) is 62.4 cm³/mol. The fourth-order valence-corrected chi connectivity index (χ4v) is 2.54. The molecular formula is C13H15N3. The minimum absolute atomic E-state index is 0.638. The Morgan fingerprint density at radius 1 is 1.19 bits per heavy atom. The van der Waals surface area contributed by atoms with Crippen molar-refractivity contribution >= 4 is 11.0 Å². The van der Waals surface area contributed by atoms with Crippen LogP contribution in [0.1, 0.15) is 49.8 Å². The first-order chi connectivity index (χ1) is 7.93. The number of pyridine rings is 1. The molecule has 0 spiro atoms. The first-order valence-electron chi connectivity index (χ1n) is 6.26. The highest BCUT2D eigenvalue weighted by molar-refractivity contribution is 5.78. The first-order valence-corrected chi connectivity index (χ1v) is 6.26. The molecule has 0 saturated heterocycles. The van der Waals surface area contributed by atoms with Gasteiger partial charge < -0.3 is 0 Å². The summed E-state index contributed by atoms with van der Waals surface area (Å²) in [6, 6.07) is 4.83. The Morgan fingerprint density at radius 3 is 2.75 bits per heavy atom. The van der Waals surface area contributed by atoms with Crippen LogP contribution in [-0.2, 0) is 0 Å². The van der Waals surface area contributed by atoms with Gasteiger partial charge in [-0.05, 0) is 44.2 Å². The summed E-state index contributed by atoms with van der Waals surface area (Å²) in [5.74, 6) is 0.693. The van der Waals surface area contributed by atoms with E-state index in [1.54, 1.807) is 0 Å². The lowest BCUT2D eigenvalue weighted by molar-refractivity contribution is 0.296. The van der Waals surface area contributed by atoms with Gasteiger partial charge in [-0.2, -0.15) is 5.10 Å². The minimum atomic E-state index is 0.638. The van der Waals surface area contributed by atoms with Gasteiger partial charge in [0.25, 0.3) is 0 Å². The fourth-order valence-electron chi connectivity index (χ4n) is 2.54. The van der Waals surface area contributed by atoms with Crippen molar-refractivity contribution in [3.63, 3.8) is 0 Å². The van der Waals surface area contributed by atoms with Crippen LogP contribution in [0.15, 0.2) is 18.3 Å². The quantitative estimate of drug-likeness (QED) is 0.767. The molecule has 0 atom stereocenters. The predicted octanol–water partition coefficient (Wildman–Crippen LogP) is 3.03. The third-order valence-corrected chi connectivity index (χ3v) is 3.88. The zero-order valence-electron chi connectivity index (χ0n) is 9.26. The monoisotopic (exact) mass is 213 g/mol. The van der Waals surface area contributed by atoms with Gasteiger partial charge in [-0.15, -0.1) is 0 Å². The molecule has 2 aromatic heterocycles. The normalized spacial score (nSPS) is 21.2. The smallest absolute Gasteiger partial charge is 0.112 e. The molecule has 0 N–H and O–H groups in total. The molecule has 0 amide bonds. The van der Waals surface area contributed by atoms with Gasteiger partial charge in [-0.25, -0.2) is 0 Å². The van der Waals surface area contributed by atoms with Crippen LogP contribution >= 0.6 is 0 Å². The van der Waals surface area contributed by atoms with Crippen molar-refractivity contribution in [3.8, 4) is 0 Å². The Kier molecular flexibility index (Phi) is 1.67. The number of hydrogen-bond acceptors (Lipinski definition) is 2. The lowest BCUT2D eigenvalue weighted by atomic mass is 9.93. The van der Waals surface area contributed by atoms with E-state index in [1.165, 1.54) is 43.3 Å². The van der Waals surface area contributed by atoms with Crippen LogP contribution in [0, 0.1) is 0 Å². The van der Waals surface area contributed by atoms with Crippen molar-refractivity contribution in [2.45, 2.75) is 44.1 Å². The van der Waals surface area contributed by atoms with E-state index in [0.29, 0.717) is 12.0 Å². The molecule has 2 saturated carbocycles. The highest BCUT2D eigenvalue weighted by Crippen LogP contribution is 2.43. The zero-order chi connectivity index (χ0) is 10.5. The lowest BCUT2D eigenvalue weighted by Gasteiger charge is -2.26. The molecule has 0 bridgehead atoms. The molecule has 16 heavy (non-hydrogen) atoms. The molecule has 2 heterocycles. The number of fused-ring (bicyclic) bond motifs is 1. The number of hydrogen-bond donors (Lipinski definition) is 0. The summed E-state index contributed by atoms with van der Waals surface area (Å²) in [4.78, 5) is 4.52. The molecule has 0 aromatic carbocycles. The molecule has 4 rings (SSSR count). The Morgan fingerprint density at radius 2 is 2.06 bits per heavy atom. The minimum Gasteiger partial charge on any atom is -0.260 e. The van der Waals surface area contributed by atoms with E-state index in [-0.39, 0.29) is 0 Å². The van der Waals surface area contributed by atoms with Crippen LogP contribution in [0.25, 0.3) is 11.0 Å². The second kappa shape index (κ2) is 3.06. The summed E-state index contributed by atoms with van der Waals surface area (Å²) in [6.07, 6.45) is 8.42. The third-order valence-electron chi connectivity index (χ3n) is 3.88. The maximum absolute atomic E-state index is 4.83. The average molecular weight is 213 g/mol. The van der Waals surface area contributed by atoms with E-state index < -0.39 is 0 Å². The van der Waals surface area contributed by atoms with E-state index >= 15 is 0 Å². The summed E-state index contributed by atoms with van der Waals surface area (Å²) >= 11 is 0. The SMILES string of the molecule is c1cnc2c(C3CC3)nn(C3CCC3)c2c1. The van der Waals surface area contributed by atoms with Gasteiger partial charge in [-0.3, -0.25) is 9.67 Å². The summed E-state index contributed by atoms with van der Waals surface area (Å²) in [5, 5.41) is 4.83. The van der Waals surface area contributed by atoms with E-state index in [4.69, 9.17) is 5.10 Å². The van der Waals surface area contributed by atoms with Crippen molar-refractivity contribution in [3.05, 3.63) is 24.0 Å². The van der Waals surface area contributed by atoms with Crippen LogP contribution in [0.3, 0.4) is 0 Å². The second-order valence-electron chi connectivity index (χ2n) is 5.06. The molecule has 82 valence electrons. The maximum atomic E-state index is 4.83. The maximum Gasteiger partial charge on any atom is 0.112 e. The third kappa shape index (κ3) is 1.14. The van der Waals surface area contributed by atoms with E-state index in [0.717, 1.165) is 5.52 Å². The van der Waals surface area contributed by atoms with Crippen molar-refractivity contribution in [1.29, 1.82) is 0 Å². The van der Waals surface area contributed by atoms with Crippen molar-refractivity contribution in [2.75, 3.05) is 0 Å². The Labute approximate surface area is 94.5 Å². The van der Waals surface area contributed by atoms with Gasteiger partial charge in [0.15, 0.2) is 0 Å². The van der Waals surface area contributed by atoms with Gasteiger partial charge in [-0.1, -0.05) is 0 Å². The van der Waals surface area contributed by atoms with Crippen LogP contribution in [0.5, 0.6) is 0 Å². The van der Waals surface area contributed by atoms with Crippen LogP contribution < -0.4 is 0 Å². The highest BCUT2D eigenvalue weighted by Gasteiger charge is 2.31. The molecule has 0 aliphatic heterocycles. The summed E-state index contributed by atoms with van der Waals surface area (Å²) in [6.45, 7) is 0. The summed E-state index contributed by atoms with van der Waals surface area (Å²) in [7, 11) is 0. The van der Waals surface area contributed by atoms with Crippen molar-refractivity contribution in [1.82, 2.24) is 14.8 Å². The number of rotatable bonds is 2. The lowest BCUT2D eigenvalue weighted by Crippen LogP contribution is -2.18. The molecule has 2 aromatic rings. The van der Waals surface area contributed by atoms with Crippen LogP contribution in [0.4, 0.5) is 0 Å². The largest absolute Gasteiger partial charge is 0.260 e. The fraction of sp³-hybridized carbons (Fsp3) is 0.538. The Balaban J connectivity index is 1.93. The van der Waals surface area contributed by atoms with E-state index in [2.05, 4.69) is 15.7 Å². The molecule has 0 unspecified atom stereocenters. The molecule has 2 fully saturated rings. The molecule has 3 nitrogen and oxygen atoms in total. The molecular weight excluding hydrogens is 198 g/mol. The van der Waals surface area contributed by atoms with Crippen molar-refractivity contribution < 1.29 is 0 Å². The molecule has 2 aliphatic rings. The van der Waals surface area contributed by atoms with Gasteiger partial charge in [0.05, 0.1) is 17.3 Å². The van der Waals surface area contributed by atoms with Crippen molar-refractivity contribution in [2.24, 2.45) is 0 Å². The van der Waals surface area contributed by atoms with Gasteiger partial charge in [0.1, 0.15) is 5.52 Å². The summed E-state index contributed by atoms with van der Waals surface area (Å²) < 4.78 is 2.24. The molecule has 3 heteroatoms. The highest BCUT2D eigenvalue weighted by atomic mass is 15.3. The Bertz CT molecular complexity index is 535. The van der Waals surface area contributed by atoms with E-state index in [1.807, 2.05) is 12.3 Å². The molecule has 2 aliphatic carbocycles. The summed E-state index contributed by atoms with van der Waals surface area (Å²) in [5.41, 5.74) is 3.65. The number of aromatic nitrogens is 3. The molecule has 0 radical (unpaired) electrons. The second-order valence-corrected chi connectivity index (χ2v) is 5.06. The standard InChI is InChI=1S/C13H15N3/c1-3-10(4-1)16-11-5-2-8-14-13(11)12(15-16)9-6-7-9/h2,5,8-10H,1,3-4,6-7H2. The topological polar surface area (TPSA) is 30.7 Å². The van der Waals surface area contributed by atoms with E-state index in [9.17, 15) is 0 Å². The number of nitrogens with zero attached hydrogens (tertiary/aromatic N) is 3. The average Bonchev–Trinajstić information content (AvgIpc) is 3.01.